The summed E-state index contributed by atoms with van der Waals surface area (Å²) < 4.78 is 1.86. The number of aromatic nitrogens is 3. The van der Waals surface area contributed by atoms with Crippen LogP contribution >= 0.6 is 35.1 Å². The average Bonchev–Trinajstić information content (AvgIpc) is 3.22. The Hall–Kier alpha value is -2.56. The highest BCUT2D eigenvalue weighted by atomic mass is 35.5. The van der Waals surface area contributed by atoms with Crippen molar-refractivity contribution in [3.05, 3.63) is 58.2 Å². The topological polar surface area (TPSA) is 97.2 Å². The lowest BCUT2D eigenvalue weighted by Crippen LogP contribution is -2.37. The highest BCUT2D eigenvalue weighted by Gasteiger charge is 2.34. The monoisotopic (exact) mass is 477 g/mol. The van der Waals surface area contributed by atoms with Gasteiger partial charge in [-0.15, -0.1) is 16.8 Å². The first-order chi connectivity index (χ1) is 14.9. The highest BCUT2D eigenvalue weighted by molar-refractivity contribution is 8.18. The molecule has 1 saturated heterocycles. The summed E-state index contributed by atoms with van der Waals surface area (Å²) in [6, 6.07) is 7.07. The summed E-state index contributed by atoms with van der Waals surface area (Å²) in [6.45, 7) is 6.34. The Labute approximate surface area is 193 Å². The number of nitrogens with zero attached hydrogens (tertiary/aromatic N) is 4. The third kappa shape index (κ3) is 5.78. The lowest BCUT2D eigenvalue weighted by Gasteiger charge is -2.13. The molecule has 0 spiro atoms. The van der Waals surface area contributed by atoms with Crippen LogP contribution in [0, 0.1) is 6.92 Å². The van der Waals surface area contributed by atoms with Gasteiger partial charge in [-0.3, -0.25) is 19.3 Å². The highest BCUT2D eigenvalue weighted by Crippen LogP contribution is 2.33. The van der Waals surface area contributed by atoms with E-state index in [4.69, 9.17) is 11.6 Å². The van der Waals surface area contributed by atoms with Crippen LogP contribution in [0.25, 0.3) is 6.08 Å². The molecule has 0 aliphatic carbocycles. The second-order valence-electron chi connectivity index (χ2n) is 6.42. The van der Waals surface area contributed by atoms with Gasteiger partial charge in [-0.25, -0.2) is 0 Å². The van der Waals surface area contributed by atoms with Crippen LogP contribution < -0.4 is 5.32 Å². The van der Waals surface area contributed by atoms with Gasteiger partial charge in [0.25, 0.3) is 11.1 Å². The fraction of sp³-hybridized carbons (Fsp3) is 0.250. The number of rotatable bonds is 9. The van der Waals surface area contributed by atoms with Gasteiger partial charge in [0.2, 0.25) is 5.91 Å². The molecule has 0 radical (unpaired) electrons. The zero-order valence-corrected chi connectivity index (χ0v) is 19.1. The average molecular weight is 478 g/mol. The van der Waals surface area contributed by atoms with Gasteiger partial charge in [0.1, 0.15) is 5.82 Å². The van der Waals surface area contributed by atoms with Gasteiger partial charge in [0.05, 0.1) is 10.7 Å². The van der Waals surface area contributed by atoms with Crippen molar-refractivity contribution in [3.8, 4) is 0 Å². The minimum Gasteiger partial charge on any atom is -0.354 e. The van der Waals surface area contributed by atoms with E-state index in [1.165, 1.54) is 11.8 Å². The molecule has 3 amide bonds. The Morgan fingerprint density at radius 2 is 2.10 bits per heavy atom. The predicted octanol–water partition coefficient (Wildman–Crippen LogP) is 3.37. The van der Waals surface area contributed by atoms with Crippen LogP contribution in [-0.2, 0) is 16.1 Å². The number of allylic oxidation sites excluding steroid dienone is 1. The molecule has 2 aromatic rings. The van der Waals surface area contributed by atoms with Gasteiger partial charge in [-0.1, -0.05) is 47.6 Å². The molecule has 1 aromatic carbocycles. The number of amides is 3. The van der Waals surface area contributed by atoms with Crippen molar-refractivity contribution in [1.29, 1.82) is 0 Å². The van der Waals surface area contributed by atoms with Crippen LogP contribution in [0.5, 0.6) is 0 Å². The molecule has 1 fully saturated rings. The molecule has 11 heteroatoms. The zero-order valence-electron chi connectivity index (χ0n) is 16.7. The molecule has 0 unspecified atom stereocenters. The molecule has 162 valence electrons. The Balaban J connectivity index is 1.49. The summed E-state index contributed by atoms with van der Waals surface area (Å²) in [4.78, 5) is 38.3. The molecule has 0 saturated carbocycles. The normalized spacial score (nSPS) is 15.0. The summed E-state index contributed by atoms with van der Waals surface area (Å²) in [5.74, 6) is 0.261. The molecule has 0 bridgehead atoms. The minimum atomic E-state index is -0.397. The number of imide groups is 1. The number of hydrogen-bond donors (Lipinski definition) is 1. The first kappa shape index (κ1) is 23.1. The van der Waals surface area contributed by atoms with Crippen molar-refractivity contribution in [3.63, 3.8) is 0 Å². The van der Waals surface area contributed by atoms with E-state index < -0.39 is 5.91 Å². The molecule has 3 rings (SSSR count). The largest absolute Gasteiger partial charge is 0.354 e. The second kappa shape index (κ2) is 10.7. The third-order valence-electron chi connectivity index (χ3n) is 4.27. The third-order valence-corrected chi connectivity index (χ3v) is 6.49. The van der Waals surface area contributed by atoms with Gasteiger partial charge >= 0.3 is 0 Å². The van der Waals surface area contributed by atoms with Gasteiger partial charge in [-0.05, 0) is 36.4 Å². The van der Waals surface area contributed by atoms with Gasteiger partial charge in [0, 0.05) is 24.7 Å². The smallest absolute Gasteiger partial charge is 0.293 e. The van der Waals surface area contributed by atoms with Crippen LogP contribution in [0.2, 0.25) is 5.02 Å². The maximum absolute atomic E-state index is 12.5. The molecule has 1 N–H and O–H groups in total. The van der Waals surface area contributed by atoms with Crippen molar-refractivity contribution >= 4 is 58.3 Å². The molecule has 1 aliphatic heterocycles. The van der Waals surface area contributed by atoms with Crippen LogP contribution in [0.15, 0.2) is 47.0 Å². The lowest BCUT2D eigenvalue weighted by molar-refractivity contribution is -0.123. The van der Waals surface area contributed by atoms with Crippen molar-refractivity contribution in [2.75, 3.05) is 18.8 Å². The Morgan fingerprint density at radius 1 is 1.32 bits per heavy atom. The summed E-state index contributed by atoms with van der Waals surface area (Å²) in [5.41, 5.74) is 0.666. The first-order valence-corrected chi connectivity index (χ1v) is 11.5. The fourth-order valence-corrected chi connectivity index (χ4v) is 4.59. The molecular weight excluding hydrogens is 458 g/mol. The molecule has 8 nitrogen and oxygen atoms in total. The number of benzene rings is 1. The number of nitrogens with one attached hydrogen (secondary N) is 1. The number of thioether (sulfide) groups is 2. The van der Waals surface area contributed by atoms with Crippen molar-refractivity contribution in [2.24, 2.45) is 0 Å². The van der Waals surface area contributed by atoms with Crippen molar-refractivity contribution < 1.29 is 14.4 Å². The second-order valence-corrected chi connectivity index (χ2v) is 8.77. The summed E-state index contributed by atoms with van der Waals surface area (Å²) in [6.07, 6.45) is 3.33. The zero-order chi connectivity index (χ0) is 22.4. The minimum absolute atomic E-state index is 0.0900. The lowest BCUT2D eigenvalue weighted by atomic mass is 10.2. The van der Waals surface area contributed by atoms with E-state index in [9.17, 15) is 14.4 Å². The van der Waals surface area contributed by atoms with E-state index in [0.29, 0.717) is 27.2 Å². The number of aryl methyl sites for hydroxylation is 1. The fourth-order valence-electron chi connectivity index (χ4n) is 2.72. The Morgan fingerprint density at radius 3 is 2.84 bits per heavy atom. The van der Waals surface area contributed by atoms with Gasteiger partial charge in [-0.2, -0.15) is 0 Å². The number of hydrogen-bond acceptors (Lipinski definition) is 7. The molecule has 0 atom stereocenters. The number of carbonyl (C=O) groups excluding carboxylic acids is 3. The molecule has 1 aromatic heterocycles. The Kier molecular flexibility index (Phi) is 7.94. The summed E-state index contributed by atoms with van der Waals surface area (Å²) in [5, 5.41) is 11.5. The molecule has 2 heterocycles. The van der Waals surface area contributed by atoms with Gasteiger partial charge < -0.3 is 9.88 Å². The standard InChI is InChI=1S/C20H20ClN5O3S2/c1-3-9-25-13(2)23-24-19(25)30-12-17(27)22-8-10-26-18(28)16(31-20(26)29)11-14-6-4-5-7-15(14)21/h3-7,11H,1,8-10,12H2,2H3,(H,22,27)/b16-11-. The quantitative estimate of drug-likeness (QED) is 0.336. The summed E-state index contributed by atoms with van der Waals surface area (Å²) >= 11 is 8.23. The van der Waals surface area contributed by atoms with E-state index in [-0.39, 0.29) is 30.0 Å². The number of carbonyl (C=O) groups is 3. The van der Waals surface area contributed by atoms with Crippen LogP contribution in [0.4, 0.5) is 4.79 Å². The molecule has 1 aliphatic rings. The van der Waals surface area contributed by atoms with Crippen LogP contribution in [-0.4, -0.2) is 55.6 Å². The SMILES string of the molecule is C=CCn1c(C)nnc1SCC(=O)NCCN1C(=O)S/C(=C\c2ccccc2Cl)C1=O. The van der Waals surface area contributed by atoms with Crippen LogP contribution in [0.1, 0.15) is 11.4 Å². The van der Waals surface area contributed by atoms with E-state index in [1.54, 1.807) is 36.4 Å². The molecular formula is C20H20ClN5O3S2. The predicted molar refractivity (Wildman–Crippen MR) is 123 cm³/mol. The van der Waals surface area contributed by atoms with E-state index >= 15 is 0 Å². The molecule has 31 heavy (non-hydrogen) atoms. The van der Waals surface area contributed by atoms with Crippen molar-refractivity contribution in [2.45, 2.75) is 18.6 Å². The van der Waals surface area contributed by atoms with Gasteiger partial charge in [0.15, 0.2) is 5.16 Å². The Bertz CT molecular complexity index is 1050. The van der Waals surface area contributed by atoms with E-state index in [2.05, 4.69) is 22.1 Å². The maximum atomic E-state index is 12.5. The van der Waals surface area contributed by atoms with E-state index in [1.807, 2.05) is 11.5 Å². The first-order valence-electron chi connectivity index (χ1n) is 9.30. The summed E-state index contributed by atoms with van der Waals surface area (Å²) in [7, 11) is 0. The number of halogens is 1. The van der Waals surface area contributed by atoms with E-state index in [0.717, 1.165) is 22.5 Å². The van der Waals surface area contributed by atoms with Crippen molar-refractivity contribution in [1.82, 2.24) is 25.0 Å². The maximum Gasteiger partial charge on any atom is 0.293 e. The van der Waals surface area contributed by atoms with Crippen LogP contribution in [0.3, 0.4) is 0 Å².